The quantitative estimate of drug-likeness (QED) is 0.735. The summed E-state index contributed by atoms with van der Waals surface area (Å²) >= 11 is 0. The van der Waals surface area contributed by atoms with Crippen molar-refractivity contribution in [3.63, 3.8) is 0 Å². The molecular formula is C12H22N4O. The molecule has 0 amide bonds. The van der Waals surface area contributed by atoms with Crippen LogP contribution in [0.4, 0.5) is 0 Å². The Morgan fingerprint density at radius 2 is 2.12 bits per heavy atom. The van der Waals surface area contributed by atoms with Crippen molar-refractivity contribution in [2.45, 2.75) is 25.0 Å². The molecular weight excluding hydrogens is 216 g/mol. The number of morpholine rings is 1. The first-order valence-electron chi connectivity index (χ1n) is 6.68. The number of hydrogen-bond donors (Lipinski definition) is 1. The Bertz CT molecular complexity index is 295. The Hall–Kier alpha value is -0.810. The van der Waals surface area contributed by atoms with Crippen molar-refractivity contribution in [1.82, 2.24) is 15.1 Å². The van der Waals surface area contributed by atoms with Gasteiger partial charge in [0.2, 0.25) is 0 Å². The zero-order valence-electron chi connectivity index (χ0n) is 10.6. The molecule has 3 heterocycles. The molecule has 0 spiro atoms. The van der Waals surface area contributed by atoms with Crippen LogP contribution in [-0.2, 0) is 4.74 Å². The third-order valence-corrected chi connectivity index (χ3v) is 3.89. The van der Waals surface area contributed by atoms with Gasteiger partial charge in [0, 0.05) is 39.8 Å². The lowest BCUT2D eigenvalue weighted by Gasteiger charge is -2.32. The van der Waals surface area contributed by atoms with Gasteiger partial charge in [-0.3, -0.25) is 9.89 Å². The molecule has 0 radical (unpaired) electrons. The van der Waals surface area contributed by atoms with Crippen molar-refractivity contribution in [2.75, 3.05) is 46.3 Å². The van der Waals surface area contributed by atoms with E-state index in [4.69, 9.17) is 4.74 Å². The van der Waals surface area contributed by atoms with Crippen LogP contribution in [0.2, 0.25) is 0 Å². The van der Waals surface area contributed by atoms with Gasteiger partial charge in [0.1, 0.15) is 0 Å². The fourth-order valence-corrected chi connectivity index (χ4v) is 2.93. The molecule has 5 nitrogen and oxygen atoms in total. The number of nitrogens with zero attached hydrogens (tertiary/aromatic N) is 3. The van der Waals surface area contributed by atoms with E-state index in [9.17, 15) is 0 Å². The maximum absolute atomic E-state index is 5.83. The fourth-order valence-electron chi connectivity index (χ4n) is 2.93. The highest BCUT2D eigenvalue weighted by Gasteiger charge is 2.33. The summed E-state index contributed by atoms with van der Waals surface area (Å²) in [5, 5.41) is 3.42. The first-order chi connectivity index (χ1) is 8.31. The Morgan fingerprint density at radius 3 is 2.76 bits per heavy atom. The Morgan fingerprint density at radius 1 is 1.35 bits per heavy atom. The molecule has 2 unspecified atom stereocenters. The van der Waals surface area contributed by atoms with E-state index >= 15 is 0 Å². The van der Waals surface area contributed by atoms with Crippen LogP contribution in [0.25, 0.3) is 0 Å². The number of likely N-dealkylation sites (tertiary alicyclic amines) is 1. The van der Waals surface area contributed by atoms with Crippen molar-refractivity contribution in [2.24, 2.45) is 4.99 Å². The second kappa shape index (κ2) is 4.82. The number of hydrogen-bond acceptors (Lipinski definition) is 5. The third kappa shape index (κ3) is 2.55. The van der Waals surface area contributed by atoms with E-state index in [1.165, 1.54) is 12.8 Å². The summed E-state index contributed by atoms with van der Waals surface area (Å²) in [4.78, 5) is 9.14. The lowest BCUT2D eigenvalue weighted by atomic mass is 10.2. The topological polar surface area (TPSA) is 40.1 Å². The molecule has 0 aliphatic carbocycles. The van der Waals surface area contributed by atoms with Crippen LogP contribution >= 0.6 is 0 Å². The van der Waals surface area contributed by atoms with Crippen molar-refractivity contribution >= 4 is 5.96 Å². The van der Waals surface area contributed by atoms with Gasteiger partial charge in [0.05, 0.1) is 18.8 Å². The van der Waals surface area contributed by atoms with Crippen LogP contribution in [0.5, 0.6) is 0 Å². The number of ether oxygens (including phenoxy) is 1. The SMILES string of the molecule is CN1CCN=C1NCCN1CC2CCC(C1)O2. The smallest absolute Gasteiger partial charge is 0.193 e. The molecule has 0 aromatic carbocycles. The van der Waals surface area contributed by atoms with Crippen molar-refractivity contribution in [3.8, 4) is 0 Å². The number of rotatable bonds is 3. The Kier molecular flexibility index (Phi) is 3.20. The van der Waals surface area contributed by atoms with Gasteiger partial charge in [-0.05, 0) is 12.8 Å². The summed E-state index contributed by atoms with van der Waals surface area (Å²) < 4.78 is 5.83. The summed E-state index contributed by atoms with van der Waals surface area (Å²) in [6, 6.07) is 0. The third-order valence-electron chi connectivity index (χ3n) is 3.89. The molecule has 2 saturated heterocycles. The minimum atomic E-state index is 0.500. The van der Waals surface area contributed by atoms with Crippen LogP contribution in [0.1, 0.15) is 12.8 Å². The van der Waals surface area contributed by atoms with Crippen LogP contribution in [0.15, 0.2) is 4.99 Å². The molecule has 3 rings (SSSR count). The summed E-state index contributed by atoms with van der Waals surface area (Å²) in [5.74, 6) is 1.06. The van der Waals surface area contributed by atoms with Gasteiger partial charge in [-0.15, -0.1) is 0 Å². The van der Waals surface area contributed by atoms with Gasteiger partial charge in [0.25, 0.3) is 0 Å². The van der Waals surface area contributed by atoms with Gasteiger partial charge in [0.15, 0.2) is 5.96 Å². The van der Waals surface area contributed by atoms with E-state index < -0.39 is 0 Å². The van der Waals surface area contributed by atoms with Crippen molar-refractivity contribution in [3.05, 3.63) is 0 Å². The molecule has 2 fully saturated rings. The van der Waals surface area contributed by atoms with E-state index in [2.05, 4.69) is 27.2 Å². The second-order valence-corrected chi connectivity index (χ2v) is 5.27. The lowest BCUT2D eigenvalue weighted by molar-refractivity contribution is -0.0374. The second-order valence-electron chi connectivity index (χ2n) is 5.27. The first-order valence-corrected chi connectivity index (χ1v) is 6.68. The summed E-state index contributed by atoms with van der Waals surface area (Å²) in [5.41, 5.74) is 0. The molecule has 1 N–H and O–H groups in total. The van der Waals surface area contributed by atoms with Crippen LogP contribution in [0, 0.1) is 0 Å². The highest BCUT2D eigenvalue weighted by Crippen LogP contribution is 2.25. The predicted molar refractivity (Wildman–Crippen MR) is 67.3 cm³/mol. The molecule has 0 aromatic heterocycles. The van der Waals surface area contributed by atoms with E-state index in [1.54, 1.807) is 0 Å². The summed E-state index contributed by atoms with van der Waals surface area (Å²) in [6.45, 7) is 6.29. The molecule has 96 valence electrons. The zero-order chi connectivity index (χ0) is 11.7. The molecule has 2 bridgehead atoms. The molecule has 3 aliphatic heterocycles. The monoisotopic (exact) mass is 238 g/mol. The van der Waals surface area contributed by atoms with Crippen LogP contribution < -0.4 is 5.32 Å². The summed E-state index contributed by atoms with van der Waals surface area (Å²) in [6.07, 6.45) is 3.51. The number of nitrogens with one attached hydrogen (secondary N) is 1. The van der Waals surface area contributed by atoms with Crippen LogP contribution in [0.3, 0.4) is 0 Å². The predicted octanol–water partition coefficient (Wildman–Crippen LogP) is -0.259. The van der Waals surface area contributed by atoms with Gasteiger partial charge in [-0.25, -0.2) is 0 Å². The number of guanidine groups is 1. The Balaban J connectivity index is 1.40. The van der Waals surface area contributed by atoms with Gasteiger partial charge in [-0.2, -0.15) is 0 Å². The number of likely N-dealkylation sites (N-methyl/N-ethyl adjacent to an activating group) is 1. The highest BCUT2D eigenvalue weighted by molar-refractivity contribution is 5.81. The van der Waals surface area contributed by atoms with E-state index in [-0.39, 0.29) is 0 Å². The maximum Gasteiger partial charge on any atom is 0.193 e. The average Bonchev–Trinajstić information content (AvgIpc) is 2.86. The van der Waals surface area contributed by atoms with E-state index in [0.717, 1.165) is 45.2 Å². The lowest BCUT2D eigenvalue weighted by Crippen LogP contribution is -2.46. The van der Waals surface area contributed by atoms with E-state index in [0.29, 0.717) is 12.2 Å². The van der Waals surface area contributed by atoms with Crippen molar-refractivity contribution < 1.29 is 4.74 Å². The van der Waals surface area contributed by atoms with Gasteiger partial charge < -0.3 is 15.0 Å². The maximum atomic E-state index is 5.83. The van der Waals surface area contributed by atoms with Gasteiger partial charge >= 0.3 is 0 Å². The average molecular weight is 238 g/mol. The zero-order valence-corrected chi connectivity index (χ0v) is 10.6. The summed E-state index contributed by atoms with van der Waals surface area (Å²) in [7, 11) is 2.09. The van der Waals surface area contributed by atoms with Gasteiger partial charge in [-0.1, -0.05) is 0 Å². The molecule has 0 saturated carbocycles. The minimum absolute atomic E-state index is 0.500. The Labute approximate surface area is 103 Å². The number of fused-ring (bicyclic) bond motifs is 2. The molecule has 17 heavy (non-hydrogen) atoms. The molecule has 5 heteroatoms. The molecule has 0 aromatic rings. The standard InChI is InChI=1S/C12H22N4O/c1-15-6-4-13-12(15)14-5-7-16-8-10-2-3-11(9-16)17-10/h10-11H,2-9H2,1H3,(H,13,14). The van der Waals surface area contributed by atoms with E-state index in [1.807, 2.05) is 0 Å². The largest absolute Gasteiger partial charge is 0.372 e. The fraction of sp³-hybridized carbons (Fsp3) is 0.917. The van der Waals surface area contributed by atoms with Crippen LogP contribution in [-0.4, -0.2) is 74.3 Å². The molecule has 2 atom stereocenters. The normalized spacial score (nSPS) is 33.0. The van der Waals surface area contributed by atoms with Crippen molar-refractivity contribution in [1.29, 1.82) is 0 Å². The minimum Gasteiger partial charge on any atom is -0.372 e. The first kappa shape index (κ1) is 11.3. The molecule has 3 aliphatic rings. The number of aliphatic imine (C=N–C) groups is 1. The highest BCUT2D eigenvalue weighted by atomic mass is 16.5.